The molecule has 2 rings (SSSR count). The van der Waals surface area contributed by atoms with E-state index in [1.165, 1.54) is 14.2 Å². The molecule has 0 spiro atoms. The lowest BCUT2D eigenvalue weighted by molar-refractivity contribution is -0.147. The molecule has 0 amide bonds. The van der Waals surface area contributed by atoms with Gasteiger partial charge in [-0.15, -0.1) is 11.3 Å². The third kappa shape index (κ3) is 5.01. The van der Waals surface area contributed by atoms with Gasteiger partial charge in [0.2, 0.25) is 0 Å². The number of benzene rings is 1. The minimum Gasteiger partial charge on any atom is -0.482 e. The topological polar surface area (TPSA) is 114 Å². The Morgan fingerprint density at radius 3 is 2.25 bits per heavy atom. The third-order valence-corrected chi connectivity index (χ3v) is 4.90. The Kier molecular flexibility index (Phi) is 7.39. The fourth-order valence-corrected chi connectivity index (χ4v) is 3.34. The van der Waals surface area contributed by atoms with Crippen molar-refractivity contribution in [2.45, 2.75) is 20.0 Å². The van der Waals surface area contributed by atoms with Crippen LogP contribution < -0.4 is 10.5 Å². The van der Waals surface area contributed by atoms with Crippen LogP contribution in [0.2, 0.25) is 0 Å². The number of rotatable bonds is 8. The lowest BCUT2D eigenvalue weighted by Gasteiger charge is -2.09. The molecule has 2 N–H and O–H groups in total. The second-order valence-corrected chi connectivity index (χ2v) is 6.63. The molecule has 9 heteroatoms. The zero-order valence-corrected chi connectivity index (χ0v) is 16.6. The van der Waals surface area contributed by atoms with Crippen molar-refractivity contribution in [1.29, 1.82) is 0 Å². The van der Waals surface area contributed by atoms with Crippen LogP contribution in [0.5, 0.6) is 5.75 Å². The highest BCUT2D eigenvalue weighted by molar-refractivity contribution is 7.18. The third-order valence-electron chi connectivity index (χ3n) is 3.86. The Morgan fingerprint density at radius 1 is 1.04 bits per heavy atom. The molecule has 1 aromatic heterocycles. The maximum Gasteiger partial charge on any atom is 0.348 e. The van der Waals surface area contributed by atoms with E-state index >= 15 is 0 Å². The summed E-state index contributed by atoms with van der Waals surface area (Å²) < 4.78 is 19.9. The number of carbonyl (C=O) groups is 3. The van der Waals surface area contributed by atoms with E-state index in [1.54, 1.807) is 12.1 Å². The molecule has 1 heterocycles. The molecule has 2 aromatic rings. The highest BCUT2D eigenvalue weighted by atomic mass is 32.1. The van der Waals surface area contributed by atoms with Crippen LogP contribution in [0.3, 0.4) is 0 Å². The lowest BCUT2D eigenvalue weighted by atomic mass is 10.1. The van der Waals surface area contributed by atoms with Gasteiger partial charge in [-0.1, -0.05) is 19.1 Å². The molecule has 0 fully saturated rings. The molecular weight excluding hydrogens is 386 g/mol. The lowest BCUT2D eigenvalue weighted by Crippen LogP contribution is -2.17. The van der Waals surface area contributed by atoms with Crippen LogP contribution in [0.4, 0.5) is 5.00 Å². The smallest absolute Gasteiger partial charge is 0.348 e. The molecule has 150 valence electrons. The number of nitrogen functional groups attached to an aromatic ring is 1. The SMILES string of the molecule is CCc1ccc(OCC(=O)OCc2c(C(=O)OC)sc(N)c2C(=O)OC)cc1. The predicted octanol–water partition coefficient (Wildman–Crippen LogP) is 2.59. The van der Waals surface area contributed by atoms with Crippen LogP contribution in [-0.4, -0.2) is 38.7 Å². The zero-order valence-electron chi connectivity index (χ0n) is 15.8. The van der Waals surface area contributed by atoms with Crippen molar-refractivity contribution in [2.75, 3.05) is 26.6 Å². The van der Waals surface area contributed by atoms with E-state index in [2.05, 4.69) is 9.47 Å². The number of aryl methyl sites for hydroxylation is 1. The molecule has 0 bridgehead atoms. The van der Waals surface area contributed by atoms with Crippen LogP contribution in [-0.2, 0) is 32.0 Å². The summed E-state index contributed by atoms with van der Waals surface area (Å²) in [6.07, 6.45) is 0.900. The molecule has 0 saturated carbocycles. The summed E-state index contributed by atoms with van der Waals surface area (Å²) in [5.74, 6) is -1.57. The fourth-order valence-electron chi connectivity index (χ4n) is 2.36. The molecule has 0 aliphatic rings. The molecule has 0 aliphatic heterocycles. The quantitative estimate of drug-likeness (QED) is 0.525. The van der Waals surface area contributed by atoms with Gasteiger partial charge in [-0.2, -0.15) is 0 Å². The van der Waals surface area contributed by atoms with E-state index in [0.717, 1.165) is 23.3 Å². The van der Waals surface area contributed by atoms with E-state index < -0.39 is 17.9 Å². The van der Waals surface area contributed by atoms with Gasteiger partial charge in [-0.25, -0.2) is 14.4 Å². The van der Waals surface area contributed by atoms with E-state index in [0.29, 0.717) is 5.75 Å². The normalized spacial score (nSPS) is 10.2. The maximum absolute atomic E-state index is 12.0. The van der Waals surface area contributed by atoms with Crippen molar-refractivity contribution in [2.24, 2.45) is 0 Å². The first-order valence-corrected chi connectivity index (χ1v) is 9.18. The maximum atomic E-state index is 12.0. The number of thiophene rings is 1. The van der Waals surface area contributed by atoms with Gasteiger partial charge in [-0.3, -0.25) is 0 Å². The molecule has 0 atom stereocenters. The van der Waals surface area contributed by atoms with Crippen molar-refractivity contribution < 1.29 is 33.3 Å². The number of nitrogens with two attached hydrogens (primary N) is 1. The van der Waals surface area contributed by atoms with Crippen molar-refractivity contribution >= 4 is 34.2 Å². The number of ether oxygens (including phenoxy) is 4. The fraction of sp³-hybridized carbons (Fsp3) is 0.316. The monoisotopic (exact) mass is 407 g/mol. The number of anilines is 1. The van der Waals surface area contributed by atoms with Gasteiger partial charge in [0.15, 0.2) is 6.61 Å². The van der Waals surface area contributed by atoms with Crippen LogP contribution in [0.15, 0.2) is 24.3 Å². The van der Waals surface area contributed by atoms with Crippen molar-refractivity contribution in [3.63, 3.8) is 0 Å². The molecule has 0 radical (unpaired) electrons. The Balaban J connectivity index is 2.06. The highest BCUT2D eigenvalue weighted by Crippen LogP contribution is 2.33. The summed E-state index contributed by atoms with van der Waals surface area (Å²) in [5, 5.41) is 0.0746. The highest BCUT2D eigenvalue weighted by Gasteiger charge is 2.28. The summed E-state index contributed by atoms with van der Waals surface area (Å²) in [7, 11) is 2.38. The minimum atomic E-state index is -0.734. The first-order valence-electron chi connectivity index (χ1n) is 8.36. The van der Waals surface area contributed by atoms with Crippen LogP contribution in [0.1, 0.15) is 38.1 Å². The molecule has 0 unspecified atom stereocenters. The van der Waals surface area contributed by atoms with Gasteiger partial charge >= 0.3 is 17.9 Å². The summed E-state index contributed by atoms with van der Waals surface area (Å²) >= 11 is 0.863. The van der Waals surface area contributed by atoms with Gasteiger partial charge in [0, 0.05) is 5.56 Å². The van der Waals surface area contributed by atoms with Crippen LogP contribution in [0, 0.1) is 0 Å². The first kappa shape index (κ1) is 21.2. The van der Waals surface area contributed by atoms with E-state index in [-0.39, 0.29) is 34.2 Å². The predicted molar refractivity (Wildman–Crippen MR) is 103 cm³/mol. The van der Waals surface area contributed by atoms with Gasteiger partial charge in [0.1, 0.15) is 27.8 Å². The molecular formula is C19H21NO7S. The number of hydrogen-bond acceptors (Lipinski definition) is 9. The van der Waals surface area contributed by atoms with E-state index in [1.807, 2.05) is 19.1 Å². The Bertz CT molecular complexity index is 858. The van der Waals surface area contributed by atoms with Crippen LogP contribution >= 0.6 is 11.3 Å². The number of esters is 3. The average Bonchev–Trinajstić information content (AvgIpc) is 3.05. The molecule has 28 heavy (non-hydrogen) atoms. The molecule has 0 saturated heterocycles. The van der Waals surface area contributed by atoms with Crippen LogP contribution in [0.25, 0.3) is 0 Å². The standard InChI is InChI=1S/C19H21NO7S/c1-4-11-5-7-12(8-6-11)26-10-14(21)27-9-13-15(18(22)24-2)17(20)28-16(13)19(23)25-3/h5-8H,4,9-10,20H2,1-3H3. The second kappa shape index (κ2) is 9.75. The van der Waals surface area contributed by atoms with E-state index in [9.17, 15) is 14.4 Å². The molecule has 1 aromatic carbocycles. The number of methoxy groups -OCH3 is 2. The summed E-state index contributed by atoms with van der Waals surface area (Å²) in [5.41, 5.74) is 7.09. The molecule has 8 nitrogen and oxygen atoms in total. The summed E-state index contributed by atoms with van der Waals surface area (Å²) in [6.45, 7) is 1.36. The Morgan fingerprint density at radius 2 is 1.68 bits per heavy atom. The van der Waals surface area contributed by atoms with Gasteiger partial charge in [0.25, 0.3) is 0 Å². The van der Waals surface area contributed by atoms with Gasteiger partial charge in [0.05, 0.1) is 14.2 Å². The van der Waals surface area contributed by atoms with Gasteiger partial charge in [-0.05, 0) is 24.1 Å². The van der Waals surface area contributed by atoms with Crippen molar-refractivity contribution in [1.82, 2.24) is 0 Å². The van der Waals surface area contributed by atoms with Gasteiger partial charge < -0.3 is 24.7 Å². The second-order valence-electron chi connectivity index (χ2n) is 5.58. The summed E-state index contributed by atoms with van der Waals surface area (Å²) in [4.78, 5) is 36.0. The van der Waals surface area contributed by atoms with E-state index in [4.69, 9.17) is 15.2 Å². The van der Waals surface area contributed by atoms with Crippen molar-refractivity contribution in [3.8, 4) is 5.75 Å². The Labute approximate surface area is 166 Å². The average molecular weight is 407 g/mol. The number of hydrogen-bond donors (Lipinski definition) is 1. The number of carbonyl (C=O) groups excluding carboxylic acids is 3. The molecule has 0 aliphatic carbocycles. The minimum absolute atomic E-state index is 0.0169. The summed E-state index contributed by atoms with van der Waals surface area (Å²) in [6, 6.07) is 7.33. The Hall–Kier alpha value is -3.07. The zero-order chi connectivity index (χ0) is 20.7. The van der Waals surface area contributed by atoms with Crippen molar-refractivity contribution in [3.05, 3.63) is 45.8 Å². The largest absolute Gasteiger partial charge is 0.482 e. The first-order chi connectivity index (χ1) is 13.4.